The SMILES string of the molecule is CCCCCCCCC(=O)OC(CCCCCC(=O)CCCCCC(CSC1CCCCC1)OC(=O)CCCCCCCC)CSC1CCCCC1. The molecular weight excluding hydrogens is 685 g/mol. The van der Waals surface area contributed by atoms with E-state index in [4.69, 9.17) is 9.47 Å². The minimum atomic E-state index is -0.0134. The van der Waals surface area contributed by atoms with Crippen molar-refractivity contribution in [2.24, 2.45) is 0 Å². The lowest BCUT2D eigenvalue weighted by Crippen LogP contribution is -2.22. The maximum absolute atomic E-state index is 12.7. The molecule has 0 radical (unpaired) electrons. The van der Waals surface area contributed by atoms with Gasteiger partial charge in [-0.05, 0) is 77.0 Å². The molecule has 0 heterocycles. The van der Waals surface area contributed by atoms with E-state index >= 15 is 0 Å². The first-order chi connectivity index (χ1) is 25.5. The topological polar surface area (TPSA) is 69.7 Å². The third-order valence-electron chi connectivity index (χ3n) is 11.2. The molecule has 2 aliphatic rings. The normalized spacial score (nSPS) is 16.8. The van der Waals surface area contributed by atoms with Crippen LogP contribution in [0.5, 0.6) is 0 Å². The van der Waals surface area contributed by atoms with Crippen LogP contribution in [0.4, 0.5) is 0 Å². The zero-order valence-electron chi connectivity index (χ0n) is 34.1. The predicted molar refractivity (Wildman–Crippen MR) is 226 cm³/mol. The van der Waals surface area contributed by atoms with Gasteiger partial charge in [0.25, 0.3) is 0 Å². The second kappa shape index (κ2) is 33.6. The molecule has 2 atom stereocenters. The minimum Gasteiger partial charge on any atom is -0.461 e. The van der Waals surface area contributed by atoms with E-state index in [2.05, 4.69) is 13.8 Å². The molecule has 0 aromatic carbocycles. The average Bonchev–Trinajstić information content (AvgIpc) is 3.16. The summed E-state index contributed by atoms with van der Waals surface area (Å²) in [4.78, 5) is 38.1. The van der Waals surface area contributed by atoms with E-state index in [1.807, 2.05) is 23.5 Å². The van der Waals surface area contributed by atoms with E-state index in [1.54, 1.807) is 0 Å². The van der Waals surface area contributed by atoms with Gasteiger partial charge in [-0.3, -0.25) is 14.4 Å². The molecule has 0 bridgehead atoms. The fourth-order valence-corrected chi connectivity index (χ4v) is 10.5. The number of carbonyl (C=O) groups excluding carboxylic acids is 3. The van der Waals surface area contributed by atoms with Crippen molar-refractivity contribution < 1.29 is 23.9 Å². The lowest BCUT2D eigenvalue weighted by Gasteiger charge is -2.24. The maximum Gasteiger partial charge on any atom is 0.306 e. The van der Waals surface area contributed by atoms with Gasteiger partial charge in [-0.15, -0.1) is 0 Å². The molecule has 0 aliphatic heterocycles. The van der Waals surface area contributed by atoms with Crippen molar-refractivity contribution in [3.05, 3.63) is 0 Å². The monoisotopic (exact) mass is 767 g/mol. The van der Waals surface area contributed by atoms with Gasteiger partial charge in [0.2, 0.25) is 0 Å². The molecule has 0 aromatic rings. The zero-order valence-corrected chi connectivity index (χ0v) is 35.8. The molecule has 2 rings (SSSR count). The largest absolute Gasteiger partial charge is 0.461 e. The molecule has 7 heteroatoms. The lowest BCUT2D eigenvalue weighted by molar-refractivity contribution is -0.149. The Labute approximate surface area is 330 Å². The van der Waals surface area contributed by atoms with E-state index in [-0.39, 0.29) is 24.1 Å². The molecule has 2 fully saturated rings. The highest BCUT2D eigenvalue weighted by Crippen LogP contribution is 2.31. The van der Waals surface area contributed by atoms with Crippen LogP contribution in [0.3, 0.4) is 0 Å². The summed E-state index contributed by atoms with van der Waals surface area (Å²) in [5.41, 5.74) is 0. The highest BCUT2D eigenvalue weighted by molar-refractivity contribution is 8.00. The van der Waals surface area contributed by atoms with Gasteiger partial charge in [0.1, 0.15) is 18.0 Å². The number of carbonyl (C=O) groups is 3. The highest BCUT2D eigenvalue weighted by Gasteiger charge is 2.21. The summed E-state index contributed by atoms with van der Waals surface area (Å²) in [6.45, 7) is 4.47. The van der Waals surface area contributed by atoms with E-state index in [0.717, 1.165) is 99.1 Å². The molecular formula is C45H82O5S2. The second-order valence-corrected chi connectivity index (χ2v) is 18.8. The number of thioether (sulfide) groups is 2. The Kier molecular flexibility index (Phi) is 30.7. The summed E-state index contributed by atoms with van der Waals surface area (Å²) in [6.07, 6.45) is 37.7. The van der Waals surface area contributed by atoms with Crippen LogP contribution < -0.4 is 0 Å². The van der Waals surface area contributed by atoms with Gasteiger partial charge in [0.15, 0.2) is 0 Å². The standard InChI is InChI=1S/C45H82O5S2/c1-3-5-7-9-11-25-35-44(47)49-40(37-51-42-31-21-15-22-32-42)29-19-13-17-27-39(46)28-18-14-20-30-41(38-52-43-33-23-16-24-34-43)50-45(48)36-26-12-10-8-6-4-2/h40-43H,3-38H2,1-2H3. The Morgan fingerprint density at radius 3 is 1.21 bits per heavy atom. The summed E-state index contributed by atoms with van der Waals surface area (Å²) in [5.74, 6) is 2.19. The van der Waals surface area contributed by atoms with Gasteiger partial charge < -0.3 is 9.47 Å². The van der Waals surface area contributed by atoms with Crippen molar-refractivity contribution in [2.45, 2.75) is 255 Å². The van der Waals surface area contributed by atoms with Gasteiger partial charge in [-0.1, -0.05) is 129 Å². The van der Waals surface area contributed by atoms with E-state index in [9.17, 15) is 14.4 Å². The van der Waals surface area contributed by atoms with Crippen LogP contribution in [-0.4, -0.2) is 51.9 Å². The number of rotatable bonds is 34. The van der Waals surface area contributed by atoms with Gasteiger partial charge in [-0.2, -0.15) is 23.5 Å². The summed E-state index contributed by atoms with van der Waals surface area (Å²) in [5, 5.41) is 1.45. The van der Waals surface area contributed by atoms with Crippen LogP contribution in [0.1, 0.15) is 232 Å². The van der Waals surface area contributed by atoms with Gasteiger partial charge in [0, 0.05) is 47.7 Å². The van der Waals surface area contributed by atoms with E-state index in [1.165, 1.54) is 116 Å². The Hall–Kier alpha value is -0.690. The maximum atomic E-state index is 12.7. The van der Waals surface area contributed by atoms with E-state index in [0.29, 0.717) is 31.5 Å². The van der Waals surface area contributed by atoms with Crippen molar-refractivity contribution in [1.82, 2.24) is 0 Å². The van der Waals surface area contributed by atoms with Crippen molar-refractivity contribution in [3.63, 3.8) is 0 Å². The summed E-state index contributed by atoms with van der Waals surface area (Å²) in [6, 6.07) is 0. The predicted octanol–water partition coefficient (Wildman–Crippen LogP) is 13.9. The number of hydrogen-bond donors (Lipinski definition) is 0. The molecule has 5 nitrogen and oxygen atoms in total. The van der Waals surface area contributed by atoms with Crippen LogP contribution in [0.15, 0.2) is 0 Å². The number of Topliss-reactive ketones (excluding diaryl/α,β-unsaturated/α-hetero) is 1. The fraction of sp³-hybridized carbons (Fsp3) is 0.933. The number of ketones is 1. The lowest BCUT2D eigenvalue weighted by atomic mass is 10.0. The molecule has 2 unspecified atom stereocenters. The van der Waals surface area contributed by atoms with Crippen molar-refractivity contribution in [3.8, 4) is 0 Å². The van der Waals surface area contributed by atoms with Gasteiger partial charge in [0.05, 0.1) is 0 Å². The molecule has 52 heavy (non-hydrogen) atoms. The third kappa shape index (κ3) is 27.0. The molecule has 2 saturated carbocycles. The van der Waals surface area contributed by atoms with Crippen LogP contribution in [0.2, 0.25) is 0 Å². The molecule has 0 aromatic heterocycles. The number of ether oxygens (including phenoxy) is 2. The van der Waals surface area contributed by atoms with E-state index < -0.39 is 0 Å². The molecule has 0 spiro atoms. The minimum absolute atomic E-state index is 0.00920. The highest BCUT2D eigenvalue weighted by atomic mass is 32.2. The van der Waals surface area contributed by atoms with Crippen LogP contribution >= 0.6 is 23.5 Å². The Bertz CT molecular complexity index is 802. The Morgan fingerprint density at radius 1 is 0.462 bits per heavy atom. The molecule has 304 valence electrons. The van der Waals surface area contributed by atoms with Crippen LogP contribution in [0.25, 0.3) is 0 Å². The number of hydrogen-bond acceptors (Lipinski definition) is 7. The van der Waals surface area contributed by atoms with Crippen LogP contribution in [-0.2, 0) is 23.9 Å². The molecule has 2 aliphatic carbocycles. The molecule has 0 amide bonds. The first kappa shape index (κ1) is 47.5. The van der Waals surface area contributed by atoms with Crippen LogP contribution in [0, 0.1) is 0 Å². The van der Waals surface area contributed by atoms with Crippen molar-refractivity contribution in [2.75, 3.05) is 11.5 Å². The molecule has 0 saturated heterocycles. The quantitative estimate of drug-likeness (QED) is 0.0477. The zero-order chi connectivity index (χ0) is 37.3. The first-order valence-corrected chi connectivity index (χ1v) is 24.7. The third-order valence-corrected chi connectivity index (χ3v) is 14.2. The number of esters is 2. The summed E-state index contributed by atoms with van der Waals surface area (Å²) >= 11 is 4.06. The van der Waals surface area contributed by atoms with Gasteiger partial charge >= 0.3 is 11.9 Å². The second-order valence-electron chi connectivity index (χ2n) is 16.2. The summed E-state index contributed by atoms with van der Waals surface area (Å²) in [7, 11) is 0. The Balaban J connectivity index is 1.62. The van der Waals surface area contributed by atoms with Gasteiger partial charge in [-0.25, -0.2) is 0 Å². The summed E-state index contributed by atoms with van der Waals surface area (Å²) < 4.78 is 12.1. The molecule has 0 N–H and O–H groups in total. The first-order valence-electron chi connectivity index (χ1n) is 22.6. The van der Waals surface area contributed by atoms with Crippen molar-refractivity contribution >= 4 is 41.2 Å². The van der Waals surface area contributed by atoms with Crippen molar-refractivity contribution in [1.29, 1.82) is 0 Å². The fourth-order valence-electron chi connectivity index (χ4n) is 7.76. The Morgan fingerprint density at radius 2 is 0.808 bits per heavy atom. The smallest absolute Gasteiger partial charge is 0.306 e. The number of unbranched alkanes of at least 4 members (excludes halogenated alkanes) is 14. The average molecular weight is 767 g/mol.